The summed E-state index contributed by atoms with van der Waals surface area (Å²) in [7, 11) is 1.57. The lowest BCUT2D eigenvalue weighted by Gasteiger charge is -2.05. The standard InChI is InChI=1S/C31H44N2O4/c1-3-4-5-6-7-8-9-10-11-12-13-14-15-16-30(34)33-32-25-26-17-21-29(22-18-26)37-31(35)27-19-23-28(36-2)24-20-27/h17-25H,3-16H2,1-2H3,(H,33,34)/b32-25+. The van der Waals surface area contributed by atoms with Gasteiger partial charge >= 0.3 is 5.97 Å². The molecule has 0 saturated heterocycles. The van der Waals surface area contributed by atoms with Gasteiger partial charge in [-0.25, -0.2) is 10.2 Å². The fourth-order valence-corrected chi connectivity index (χ4v) is 4.05. The number of rotatable bonds is 19. The lowest BCUT2D eigenvalue weighted by molar-refractivity contribution is -0.121. The second-order valence-corrected chi connectivity index (χ2v) is 9.47. The molecular weight excluding hydrogens is 464 g/mol. The van der Waals surface area contributed by atoms with Gasteiger partial charge in [-0.05, 0) is 60.5 Å². The topological polar surface area (TPSA) is 77.0 Å². The molecule has 6 heteroatoms. The number of carbonyl (C=O) groups excluding carboxylic acids is 2. The molecule has 0 unspecified atom stereocenters. The Hall–Kier alpha value is -3.15. The van der Waals surface area contributed by atoms with Crippen molar-refractivity contribution in [2.24, 2.45) is 5.10 Å². The number of unbranched alkanes of at least 4 members (excludes halogenated alkanes) is 12. The van der Waals surface area contributed by atoms with Gasteiger partial charge in [0.25, 0.3) is 0 Å². The minimum atomic E-state index is -0.440. The van der Waals surface area contributed by atoms with E-state index < -0.39 is 5.97 Å². The number of hydrazone groups is 1. The third-order valence-electron chi connectivity index (χ3n) is 6.33. The molecule has 0 radical (unpaired) electrons. The van der Waals surface area contributed by atoms with Gasteiger partial charge in [0.2, 0.25) is 5.91 Å². The summed E-state index contributed by atoms with van der Waals surface area (Å²) in [4.78, 5) is 24.2. The highest BCUT2D eigenvalue weighted by Gasteiger charge is 2.08. The van der Waals surface area contributed by atoms with Crippen LogP contribution in [0.4, 0.5) is 0 Å². The summed E-state index contributed by atoms with van der Waals surface area (Å²) in [5.41, 5.74) is 3.83. The molecule has 0 aliphatic rings. The van der Waals surface area contributed by atoms with Crippen LogP contribution in [0, 0.1) is 0 Å². The Labute approximate surface area is 222 Å². The van der Waals surface area contributed by atoms with Crippen molar-refractivity contribution in [3.8, 4) is 11.5 Å². The normalized spacial score (nSPS) is 11.0. The maximum atomic E-state index is 12.2. The number of nitrogens with one attached hydrogen (secondary N) is 1. The molecule has 0 aromatic heterocycles. The first-order chi connectivity index (χ1) is 18.1. The molecule has 1 amide bonds. The van der Waals surface area contributed by atoms with Crippen molar-refractivity contribution in [2.45, 2.75) is 96.8 Å². The molecule has 1 N–H and O–H groups in total. The van der Waals surface area contributed by atoms with Crippen LogP contribution >= 0.6 is 0 Å². The van der Waals surface area contributed by atoms with Gasteiger partial charge in [-0.1, -0.05) is 84.0 Å². The van der Waals surface area contributed by atoms with E-state index in [1.165, 1.54) is 70.6 Å². The molecule has 0 saturated carbocycles. The first kappa shape index (κ1) is 30.1. The lowest BCUT2D eigenvalue weighted by atomic mass is 10.0. The molecule has 202 valence electrons. The fraction of sp³-hybridized carbons (Fsp3) is 0.516. The second kappa shape index (κ2) is 19.0. The molecule has 0 spiro atoms. The van der Waals surface area contributed by atoms with E-state index in [1.807, 2.05) is 0 Å². The zero-order chi connectivity index (χ0) is 26.6. The SMILES string of the molecule is CCCCCCCCCCCCCCCC(=O)N/N=C/c1ccc(OC(=O)c2ccc(OC)cc2)cc1. The molecule has 2 aromatic rings. The highest BCUT2D eigenvalue weighted by molar-refractivity contribution is 5.91. The van der Waals surface area contributed by atoms with Crippen molar-refractivity contribution in [1.29, 1.82) is 0 Å². The lowest BCUT2D eigenvalue weighted by Crippen LogP contribution is -2.16. The number of esters is 1. The van der Waals surface area contributed by atoms with Crippen LogP contribution in [0.25, 0.3) is 0 Å². The minimum absolute atomic E-state index is 0.0654. The number of methoxy groups -OCH3 is 1. The summed E-state index contributed by atoms with van der Waals surface area (Å²) < 4.78 is 10.5. The van der Waals surface area contributed by atoms with Crippen LogP contribution in [0.15, 0.2) is 53.6 Å². The molecule has 0 bridgehead atoms. The average Bonchev–Trinajstić information content (AvgIpc) is 2.92. The van der Waals surface area contributed by atoms with Crippen LogP contribution in [0.2, 0.25) is 0 Å². The van der Waals surface area contributed by atoms with Gasteiger partial charge < -0.3 is 9.47 Å². The maximum Gasteiger partial charge on any atom is 0.343 e. The van der Waals surface area contributed by atoms with Crippen molar-refractivity contribution < 1.29 is 19.1 Å². The third-order valence-corrected chi connectivity index (χ3v) is 6.33. The highest BCUT2D eigenvalue weighted by Crippen LogP contribution is 2.16. The van der Waals surface area contributed by atoms with Gasteiger partial charge in [0.05, 0.1) is 18.9 Å². The van der Waals surface area contributed by atoms with Gasteiger partial charge in [0, 0.05) is 6.42 Å². The summed E-state index contributed by atoms with van der Waals surface area (Å²) >= 11 is 0. The number of ether oxygens (including phenoxy) is 2. The van der Waals surface area contributed by atoms with Crippen LogP contribution in [0.5, 0.6) is 11.5 Å². The molecule has 0 fully saturated rings. The van der Waals surface area contributed by atoms with E-state index in [1.54, 1.807) is 61.9 Å². The van der Waals surface area contributed by atoms with Gasteiger partial charge in [-0.2, -0.15) is 5.10 Å². The quantitative estimate of drug-likeness (QED) is 0.0689. The summed E-state index contributed by atoms with van der Waals surface area (Å²) in [6, 6.07) is 13.7. The summed E-state index contributed by atoms with van der Waals surface area (Å²) in [6.07, 6.45) is 18.8. The number of carbonyl (C=O) groups is 2. The molecule has 0 atom stereocenters. The maximum absolute atomic E-state index is 12.2. The van der Waals surface area contributed by atoms with Crippen LogP contribution in [0.1, 0.15) is 113 Å². The summed E-state index contributed by atoms with van der Waals surface area (Å²) in [5.74, 6) is 0.606. The molecule has 2 aromatic carbocycles. The molecule has 6 nitrogen and oxygen atoms in total. The zero-order valence-corrected chi connectivity index (χ0v) is 22.7. The summed E-state index contributed by atoms with van der Waals surface area (Å²) in [5, 5.41) is 4.03. The van der Waals surface area contributed by atoms with E-state index in [9.17, 15) is 9.59 Å². The third kappa shape index (κ3) is 13.7. The predicted molar refractivity (Wildman–Crippen MR) is 150 cm³/mol. The first-order valence-corrected chi connectivity index (χ1v) is 13.9. The van der Waals surface area contributed by atoms with E-state index in [4.69, 9.17) is 9.47 Å². The van der Waals surface area contributed by atoms with Crippen LogP contribution in [0.3, 0.4) is 0 Å². The largest absolute Gasteiger partial charge is 0.497 e. The number of benzene rings is 2. The molecule has 37 heavy (non-hydrogen) atoms. The number of nitrogens with zero attached hydrogens (tertiary/aromatic N) is 1. The van der Waals surface area contributed by atoms with Gasteiger partial charge in [-0.15, -0.1) is 0 Å². The van der Waals surface area contributed by atoms with Crippen molar-refractivity contribution >= 4 is 18.1 Å². The van der Waals surface area contributed by atoms with Crippen molar-refractivity contribution in [1.82, 2.24) is 5.43 Å². The smallest absolute Gasteiger partial charge is 0.343 e. The summed E-state index contributed by atoms with van der Waals surface area (Å²) in [6.45, 7) is 2.26. The van der Waals surface area contributed by atoms with E-state index in [-0.39, 0.29) is 5.91 Å². The second-order valence-electron chi connectivity index (χ2n) is 9.47. The van der Waals surface area contributed by atoms with Gasteiger partial charge in [0.15, 0.2) is 0 Å². The van der Waals surface area contributed by atoms with E-state index in [0.29, 0.717) is 23.5 Å². The van der Waals surface area contributed by atoms with E-state index in [0.717, 1.165) is 18.4 Å². The molecule has 2 rings (SSSR count). The van der Waals surface area contributed by atoms with Gasteiger partial charge in [-0.3, -0.25) is 4.79 Å². The van der Waals surface area contributed by atoms with Crippen LogP contribution in [-0.2, 0) is 4.79 Å². The molecule has 0 aliphatic carbocycles. The Morgan fingerprint density at radius 2 is 1.24 bits per heavy atom. The Morgan fingerprint density at radius 3 is 1.78 bits per heavy atom. The predicted octanol–water partition coefficient (Wildman–Crippen LogP) is 7.85. The fourth-order valence-electron chi connectivity index (χ4n) is 4.05. The van der Waals surface area contributed by atoms with Crippen molar-refractivity contribution in [2.75, 3.05) is 7.11 Å². The molecule has 0 aliphatic heterocycles. The Morgan fingerprint density at radius 1 is 0.730 bits per heavy atom. The molecular formula is C31H44N2O4. The number of hydrogen-bond donors (Lipinski definition) is 1. The van der Waals surface area contributed by atoms with Crippen LogP contribution in [-0.4, -0.2) is 25.2 Å². The van der Waals surface area contributed by atoms with Crippen LogP contribution < -0.4 is 14.9 Å². The Bertz CT molecular complexity index is 923. The Kier molecular flexibility index (Phi) is 15.5. The average molecular weight is 509 g/mol. The first-order valence-electron chi connectivity index (χ1n) is 13.9. The zero-order valence-electron chi connectivity index (χ0n) is 22.7. The monoisotopic (exact) mass is 508 g/mol. The number of amides is 1. The Balaban J connectivity index is 1.52. The van der Waals surface area contributed by atoms with Gasteiger partial charge in [0.1, 0.15) is 11.5 Å². The number of hydrogen-bond acceptors (Lipinski definition) is 5. The van der Waals surface area contributed by atoms with E-state index in [2.05, 4.69) is 17.5 Å². The minimum Gasteiger partial charge on any atom is -0.497 e. The molecule has 0 heterocycles. The highest BCUT2D eigenvalue weighted by atomic mass is 16.5. The van der Waals surface area contributed by atoms with Crippen molar-refractivity contribution in [3.05, 3.63) is 59.7 Å². The van der Waals surface area contributed by atoms with E-state index >= 15 is 0 Å². The van der Waals surface area contributed by atoms with Crippen molar-refractivity contribution in [3.63, 3.8) is 0 Å².